The van der Waals surface area contributed by atoms with Crippen LogP contribution in [0, 0.1) is 5.82 Å². The fraction of sp³-hybridized carbons (Fsp3) is 0.348. The van der Waals surface area contributed by atoms with Gasteiger partial charge in [-0.3, -0.25) is 0 Å². The largest absolute Gasteiger partial charge is 0.382 e. The highest BCUT2D eigenvalue weighted by molar-refractivity contribution is 5.78. The van der Waals surface area contributed by atoms with Crippen molar-refractivity contribution in [1.82, 2.24) is 29.5 Å². The number of imidazole rings is 2. The van der Waals surface area contributed by atoms with E-state index in [4.69, 9.17) is 15.8 Å². The molecule has 158 valence electrons. The summed E-state index contributed by atoms with van der Waals surface area (Å²) in [4.78, 5) is 9.44. The molecule has 3 aromatic heterocycles. The summed E-state index contributed by atoms with van der Waals surface area (Å²) in [5.74, 6) is 1.80. The molecule has 1 aromatic carbocycles. The summed E-state index contributed by atoms with van der Waals surface area (Å²) in [6.07, 6.45) is 6.14. The van der Waals surface area contributed by atoms with Gasteiger partial charge in [-0.05, 0) is 75.2 Å². The summed E-state index contributed by atoms with van der Waals surface area (Å²) >= 11 is 0. The normalized spacial score (nSPS) is 17.5. The number of piperidine rings is 1. The van der Waals surface area contributed by atoms with E-state index < -0.39 is 0 Å². The van der Waals surface area contributed by atoms with Crippen LogP contribution in [-0.4, -0.2) is 37.2 Å². The zero-order chi connectivity index (χ0) is 20.9. The molecule has 4 aromatic rings. The van der Waals surface area contributed by atoms with Crippen molar-refractivity contribution in [2.45, 2.75) is 37.6 Å². The van der Waals surface area contributed by atoms with Crippen molar-refractivity contribution in [3.63, 3.8) is 0 Å². The molecule has 1 saturated heterocycles. The van der Waals surface area contributed by atoms with Crippen LogP contribution in [0.15, 0.2) is 42.6 Å². The average molecular weight is 417 g/mol. The third-order valence-corrected chi connectivity index (χ3v) is 6.25. The van der Waals surface area contributed by atoms with Crippen LogP contribution in [0.3, 0.4) is 0 Å². The topological polar surface area (TPSA) is 86.1 Å². The summed E-state index contributed by atoms with van der Waals surface area (Å²) in [5.41, 5.74) is 10.2. The van der Waals surface area contributed by atoms with E-state index in [1.165, 1.54) is 12.1 Å². The number of benzene rings is 1. The zero-order valence-electron chi connectivity index (χ0n) is 17.1. The number of nitrogens with two attached hydrogens (primary N) is 1. The van der Waals surface area contributed by atoms with Crippen LogP contribution >= 0.6 is 0 Å². The lowest BCUT2D eigenvalue weighted by Gasteiger charge is -2.27. The molecule has 31 heavy (non-hydrogen) atoms. The maximum absolute atomic E-state index is 13.6. The van der Waals surface area contributed by atoms with E-state index in [1.807, 2.05) is 12.1 Å². The Morgan fingerprint density at radius 2 is 1.74 bits per heavy atom. The minimum Gasteiger partial charge on any atom is -0.382 e. The van der Waals surface area contributed by atoms with E-state index in [2.05, 4.69) is 14.9 Å². The third-order valence-electron chi connectivity index (χ3n) is 6.25. The second-order valence-corrected chi connectivity index (χ2v) is 8.49. The van der Waals surface area contributed by atoms with Crippen LogP contribution in [0.1, 0.15) is 43.5 Å². The van der Waals surface area contributed by atoms with Crippen molar-refractivity contribution in [2.24, 2.45) is 0 Å². The first-order valence-electron chi connectivity index (χ1n) is 10.9. The minimum absolute atomic E-state index is 0.251. The number of nitrogen functional groups attached to an aromatic ring is 1. The molecule has 0 bridgehead atoms. The number of anilines is 1. The number of aromatic nitrogens is 5. The molecule has 1 aliphatic carbocycles. The van der Waals surface area contributed by atoms with Gasteiger partial charge in [0.15, 0.2) is 5.65 Å². The summed E-state index contributed by atoms with van der Waals surface area (Å²) in [6.45, 7) is 1.98. The first-order valence-corrected chi connectivity index (χ1v) is 10.9. The molecule has 7 nitrogen and oxygen atoms in total. The van der Waals surface area contributed by atoms with Crippen molar-refractivity contribution in [2.75, 3.05) is 18.8 Å². The Balaban J connectivity index is 1.60. The third kappa shape index (κ3) is 3.27. The number of fused-ring (bicyclic) bond motifs is 1. The number of nitrogens with zero attached hydrogens (tertiary/aromatic N) is 5. The Bertz CT molecular complexity index is 1250. The van der Waals surface area contributed by atoms with Gasteiger partial charge >= 0.3 is 0 Å². The molecular formula is C23H24FN7. The van der Waals surface area contributed by atoms with Gasteiger partial charge in [0.25, 0.3) is 0 Å². The molecule has 0 spiro atoms. The first kappa shape index (κ1) is 18.5. The Morgan fingerprint density at radius 3 is 2.48 bits per heavy atom. The van der Waals surface area contributed by atoms with Crippen molar-refractivity contribution in [3.8, 4) is 22.6 Å². The van der Waals surface area contributed by atoms with Crippen molar-refractivity contribution in [3.05, 3.63) is 54.2 Å². The molecule has 0 unspecified atom stereocenters. The monoisotopic (exact) mass is 417 g/mol. The Hall–Kier alpha value is -3.26. The standard InChI is InChI=1S/C23H24FN7/c24-16-5-3-14(4-6-16)21-22(18-7-8-20-27-19(25)13-30(20)29-18)31(17-9-11-26-12-10-17)23(28-21)15-1-2-15/h3-8,13,15,17,26H,1-2,9-12,25H2. The van der Waals surface area contributed by atoms with E-state index in [9.17, 15) is 4.39 Å². The SMILES string of the molecule is Nc1cn2nc(-c3c(-c4ccc(F)cc4)nc(C4CC4)n3C3CCNCC3)ccc2n1. The summed E-state index contributed by atoms with van der Waals surface area (Å²) in [6, 6.07) is 10.9. The summed E-state index contributed by atoms with van der Waals surface area (Å²) in [5, 5.41) is 8.30. The summed E-state index contributed by atoms with van der Waals surface area (Å²) < 4.78 is 17.8. The molecule has 0 radical (unpaired) electrons. The van der Waals surface area contributed by atoms with Crippen molar-refractivity contribution in [1.29, 1.82) is 0 Å². The van der Waals surface area contributed by atoms with Gasteiger partial charge in [0.1, 0.15) is 23.2 Å². The predicted molar refractivity (Wildman–Crippen MR) is 117 cm³/mol. The van der Waals surface area contributed by atoms with Gasteiger partial charge < -0.3 is 15.6 Å². The minimum atomic E-state index is -0.251. The molecule has 1 saturated carbocycles. The van der Waals surface area contributed by atoms with E-state index in [0.717, 1.165) is 67.2 Å². The maximum atomic E-state index is 13.6. The van der Waals surface area contributed by atoms with E-state index in [0.29, 0.717) is 23.4 Å². The Kier molecular flexibility index (Phi) is 4.27. The first-order chi connectivity index (χ1) is 15.2. The number of nitrogens with one attached hydrogen (secondary N) is 1. The molecule has 2 fully saturated rings. The lowest BCUT2D eigenvalue weighted by molar-refractivity contribution is 0.362. The highest BCUT2D eigenvalue weighted by Gasteiger charge is 2.35. The quantitative estimate of drug-likeness (QED) is 0.528. The molecule has 0 atom stereocenters. The van der Waals surface area contributed by atoms with Gasteiger partial charge in [0, 0.05) is 17.5 Å². The number of rotatable bonds is 4. The molecule has 3 N–H and O–H groups in total. The number of hydrogen-bond acceptors (Lipinski definition) is 5. The second-order valence-electron chi connectivity index (χ2n) is 8.49. The van der Waals surface area contributed by atoms with Crippen molar-refractivity contribution < 1.29 is 4.39 Å². The van der Waals surface area contributed by atoms with E-state index >= 15 is 0 Å². The van der Waals surface area contributed by atoms with Crippen LogP contribution in [-0.2, 0) is 0 Å². The number of hydrogen-bond donors (Lipinski definition) is 2. The predicted octanol–water partition coefficient (Wildman–Crippen LogP) is 3.78. The number of halogens is 1. The van der Waals surface area contributed by atoms with Gasteiger partial charge in [0.05, 0.1) is 17.6 Å². The lowest BCUT2D eigenvalue weighted by atomic mass is 10.0. The van der Waals surface area contributed by atoms with Crippen LogP contribution in [0.4, 0.5) is 10.2 Å². The smallest absolute Gasteiger partial charge is 0.156 e. The lowest BCUT2D eigenvalue weighted by Crippen LogP contribution is -2.30. The van der Waals surface area contributed by atoms with E-state index in [1.54, 1.807) is 22.8 Å². The fourth-order valence-corrected chi connectivity index (χ4v) is 4.59. The average Bonchev–Trinajstić information content (AvgIpc) is 3.45. The van der Waals surface area contributed by atoms with Crippen LogP contribution in [0.2, 0.25) is 0 Å². The Morgan fingerprint density at radius 1 is 0.968 bits per heavy atom. The Labute approximate surface area is 179 Å². The molecule has 2 aliphatic rings. The maximum Gasteiger partial charge on any atom is 0.156 e. The van der Waals surface area contributed by atoms with Crippen molar-refractivity contribution >= 4 is 11.5 Å². The van der Waals surface area contributed by atoms with Crippen LogP contribution < -0.4 is 11.1 Å². The highest BCUT2D eigenvalue weighted by atomic mass is 19.1. The van der Waals surface area contributed by atoms with Gasteiger partial charge in [-0.1, -0.05) is 0 Å². The molecule has 1 aliphatic heterocycles. The molecule has 0 amide bonds. The van der Waals surface area contributed by atoms with E-state index in [-0.39, 0.29) is 5.82 Å². The van der Waals surface area contributed by atoms with Gasteiger partial charge in [-0.15, -0.1) is 0 Å². The molecular weight excluding hydrogens is 393 g/mol. The molecule has 4 heterocycles. The zero-order valence-corrected chi connectivity index (χ0v) is 17.1. The summed E-state index contributed by atoms with van der Waals surface area (Å²) in [7, 11) is 0. The molecule has 6 rings (SSSR count). The molecule has 8 heteroatoms. The fourth-order valence-electron chi connectivity index (χ4n) is 4.59. The highest BCUT2D eigenvalue weighted by Crippen LogP contribution is 2.46. The van der Waals surface area contributed by atoms with Crippen LogP contribution in [0.25, 0.3) is 28.3 Å². The van der Waals surface area contributed by atoms with Gasteiger partial charge in [-0.25, -0.2) is 18.9 Å². The van der Waals surface area contributed by atoms with Gasteiger partial charge in [-0.2, -0.15) is 5.10 Å². The van der Waals surface area contributed by atoms with Crippen LogP contribution in [0.5, 0.6) is 0 Å². The second kappa shape index (κ2) is 7.16. The van der Waals surface area contributed by atoms with Gasteiger partial charge in [0.2, 0.25) is 0 Å².